The molecular formula is C10H12ClN3O4. The van der Waals surface area contributed by atoms with Gasteiger partial charge in [-0.2, -0.15) is 0 Å². The number of pyridine rings is 1. The van der Waals surface area contributed by atoms with Crippen molar-refractivity contribution in [3.05, 3.63) is 27.4 Å². The van der Waals surface area contributed by atoms with E-state index < -0.39 is 4.92 Å². The normalized spacial score (nSPS) is 11.7. The number of amides is 1. The number of nitrogens with one attached hydrogen (secondary N) is 1. The lowest BCUT2D eigenvalue weighted by molar-refractivity contribution is -0.385. The van der Waals surface area contributed by atoms with Gasteiger partial charge in [-0.15, -0.1) is 0 Å². The third kappa shape index (κ3) is 4.17. The van der Waals surface area contributed by atoms with E-state index in [1.54, 1.807) is 6.92 Å². The molecule has 18 heavy (non-hydrogen) atoms. The van der Waals surface area contributed by atoms with Gasteiger partial charge in [-0.3, -0.25) is 14.9 Å². The highest BCUT2D eigenvalue weighted by molar-refractivity contribution is 6.32. The SMILES string of the molecule is CC(=O)N[C@@H](C)COc1cc(Cl)c([N+](=O)[O-])cn1. The quantitative estimate of drug-likeness (QED) is 0.649. The number of hydrogen-bond acceptors (Lipinski definition) is 5. The Balaban J connectivity index is 2.61. The first-order valence-electron chi connectivity index (χ1n) is 5.10. The van der Waals surface area contributed by atoms with Crippen LogP contribution in [-0.4, -0.2) is 28.5 Å². The van der Waals surface area contributed by atoms with Gasteiger partial charge in [0.1, 0.15) is 17.8 Å². The fourth-order valence-corrected chi connectivity index (χ4v) is 1.43. The van der Waals surface area contributed by atoms with E-state index in [0.717, 1.165) is 6.20 Å². The summed E-state index contributed by atoms with van der Waals surface area (Å²) in [6, 6.07) is 1.07. The molecule has 7 nitrogen and oxygen atoms in total. The lowest BCUT2D eigenvalue weighted by Gasteiger charge is -2.13. The Morgan fingerprint density at radius 2 is 2.39 bits per heavy atom. The van der Waals surface area contributed by atoms with Crippen molar-refractivity contribution in [2.24, 2.45) is 0 Å². The van der Waals surface area contributed by atoms with Crippen LogP contribution in [0.5, 0.6) is 5.88 Å². The summed E-state index contributed by atoms with van der Waals surface area (Å²) in [5.41, 5.74) is -0.279. The molecule has 8 heteroatoms. The number of nitrogens with zero attached hydrogens (tertiary/aromatic N) is 2. The Hall–Kier alpha value is -1.89. The van der Waals surface area contributed by atoms with Crippen LogP contribution in [0, 0.1) is 10.1 Å². The molecule has 1 atom stereocenters. The number of halogens is 1. The predicted molar refractivity (Wildman–Crippen MR) is 64.7 cm³/mol. The monoisotopic (exact) mass is 273 g/mol. The van der Waals surface area contributed by atoms with E-state index in [1.165, 1.54) is 13.0 Å². The van der Waals surface area contributed by atoms with Gasteiger partial charge in [0.25, 0.3) is 0 Å². The predicted octanol–water partition coefficient (Wildman–Crippen LogP) is 1.55. The van der Waals surface area contributed by atoms with Gasteiger partial charge in [0.2, 0.25) is 11.8 Å². The highest BCUT2D eigenvalue weighted by Gasteiger charge is 2.14. The third-order valence-electron chi connectivity index (χ3n) is 1.94. The molecule has 0 fully saturated rings. The van der Waals surface area contributed by atoms with Crippen LogP contribution in [-0.2, 0) is 4.79 Å². The van der Waals surface area contributed by atoms with Crippen LogP contribution in [0.15, 0.2) is 12.3 Å². The fraction of sp³-hybridized carbons (Fsp3) is 0.400. The smallest absolute Gasteiger partial charge is 0.306 e. The molecule has 1 aromatic heterocycles. The minimum atomic E-state index is -0.626. The van der Waals surface area contributed by atoms with Gasteiger partial charge in [-0.05, 0) is 6.92 Å². The van der Waals surface area contributed by atoms with Crippen molar-refractivity contribution < 1.29 is 14.5 Å². The van der Waals surface area contributed by atoms with Crippen molar-refractivity contribution in [2.45, 2.75) is 19.9 Å². The van der Waals surface area contributed by atoms with Gasteiger partial charge in [-0.25, -0.2) is 4.98 Å². The lowest BCUT2D eigenvalue weighted by Crippen LogP contribution is -2.35. The molecule has 0 aliphatic carbocycles. The minimum Gasteiger partial charge on any atom is -0.475 e. The Bertz CT molecular complexity index is 466. The van der Waals surface area contributed by atoms with Crippen molar-refractivity contribution in [1.82, 2.24) is 10.3 Å². The van der Waals surface area contributed by atoms with Crippen LogP contribution >= 0.6 is 11.6 Å². The number of rotatable bonds is 5. The number of carbonyl (C=O) groups excluding carboxylic acids is 1. The van der Waals surface area contributed by atoms with Crippen LogP contribution in [0.25, 0.3) is 0 Å². The first kappa shape index (κ1) is 14.2. The van der Waals surface area contributed by atoms with Crippen LogP contribution < -0.4 is 10.1 Å². The number of hydrogen-bond donors (Lipinski definition) is 1. The van der Waals surface area contributed by atoms with Crippen LogP contribution in [0.1, 0.15) is 13.8 Å². The van der Waals surface area contributed by atoms with Gasteiger partial charge in [0.05, 0.1) is 11.0 Å². The van der Waals surface area contributed by atoms with Gasteiger partial charge >= 0.3 is 5.69 Å². The van der Waals surface area contributed by atoms with Crippen molar-refractivity contribution in [3.8, 4) is 5.88 Å². The zero-order valence-corrected chi connectivity index (χ0v) is 10.6. The molecule has 1 rings (SSSR count). The third-order valence-corrected chi connectivity index (χ3v) is 2.24. The summed E-state index contributed by atoms with van der Waals surface area (Å²) in [4.78, 5) is 24.4. The van der Waals surface area contributed by atoms with E-state index in [4.69, 9.17) is 16.3 Å². The number of carbonyl (C=O) groups is 1. The van der Waals surface area contributed by atoms with Crippen LogP contribution in [0.4, 0.5) is 5.69 Å². The molecule has 0 saturated heterocycles. The topological polar surface area (TPSA) is 94.4 Å². The largest absolute Gasteiger partial charge is 0.475 e. The average molecular weight is 274 g/mol. The summed E-state index contributed by atoms with van der Waals surface area (Å²) in [5.74, 6) is 0.00333. The zero-order chi connectivity index (χ0) is 13.7. The van der Waals surface area contributed by atoms with Gasteiger partial charge in [0, 0.05) is 13.0 Å². The molecule has 98 valence electrons. The molecule has 1 amide bonds. The molecule has 0 saturated carbocycles. The fourth-order valence-electron chi connectivity index (χ4n) is 1.22. The van der Waals surface area contributed by atoms with Gasteiger partial charge in [0.15, 0.2) is 0 Å². The van der Waals surface area contributed by atoms with E-state index in [0.29, 0.717) is 0 Å². The van der Waals surface area contributed by atoms with E-state index in [1.807, 2.05) is 0 Å². The minimum absolute atomic E-state index is 0.0443. The number of ether oxygens (including phenoxy) is 1. The highest BCUT2D eigenvalue weighted by atomic mass is 35.5. The van der Waals surface area contributed by atoms with E-state index in [2.05, 4.69) is 10.3 Å². The van der Waals surface area contributed by atoms with E-state index in [9.17, 15) is 14.9 Å². The van der Waals surface area contributed by atoms with Crippen LogP contribution in [0.3, 0.4) is 0 Å². The molecule has 1 N–H and O–H groups in total. The standard InChI is InChI=1S/C10H12ClN3O4/c1-6(13-7(2)15)5-18-10-3-8(11)9(4-12-10)14(16)17/h3-4,6H,5H2,1-2H3,(H,13,15)/t6-/m0/s1. The molecule has 0 unspecified atom stereocenters. The van der Waals surface area contributed by atoms with Crippen molar-refractivity contribution >= 4 is 23.2 Å². The summed E-state index contributed by atoms with van der Waals surface area (Å²) in [5, 5.41) is 13.1. The second kappa shape index (κ2) is 6.15. The molecule has 0 aromatic carbocycles. The first-order valence-corrected chi connectivity index (χ1v) is 5.47. The molecule has 0 aliphatic heterocycles. The average Bonchev–Trinajstić information content (AvgIpc) is 2.25. The van der Waals surface area contributed by atoms with E-state index in [-0.39, 0.29) is 35.1 Å². The molecule has 0 spiro atoms. The summed E-state index contributed by atoms with van der Waals surface area (Å²) in [6.45, 7) is 3.35. The number of aromatic nitrogens is 1. The summed E-state index contributed by atoms with van der Waals surface area (Å²) in [7, 11) is 0. The Morgan fingerprint density at radius 3 is 2.89 bits per heavy atom. The van der Waals surface area contributed by atoms with Crippen molar-refractivity contribution in [2.75, 3.05) is 6.61 Å². The highest BCUT2D eigenvalue weighted by Crippen LogP contribution is 2.25. The Kier molecular flexibility index (Phi) is 4.85. The molecular weight excluding hydrogens is 262 g/mol. The lowest BCUT2D eigenvalue weighted by atomic mass is 10.3. The summed E-state index contributed by atoms with van der Waals surface area (Å²) < 4.78 is 5.25. The molecule has 0 bridgehead atoms. The maximum Gasteiger partial charge on any atom is 0.306 e. The molecule has 0 radical (unpaired) electrons. The molecule has 1 heterocycles. The first-order chi connectivity index (χ1) is 8.40. The van der Waals surface area contributed by atoms with Crippen molar-refractivity contribution in [1.29, 1.82) is 0 Å². The van der Waals surface area contributed by atoms with E-state index >= 15 is 0 Å². The molecule has 0 aliphatic rings. The Labute approximate surface area is 108 Å². The van der Waals surface area contributed by atoms with Gasteiger partial charge < -0.3 is 10.1 Å². The van der Waals surface area contributed by atoms with Gasteiger partial charge in [-0.1, -0.05) is 11.6 Å². The zero-order valence-electron chi connectivity index (χ0n) is 9.84. The Morgan fingerprint density at radius 1 is 1.72 bits per heavy atom. The maximum absolute atomic E-state index is 10.8. The maximum atomic E-state index is 10.8. The van der Waals surface area contributed by atoms with Crippen LogP contribution in [0.2, 0.25) is 5.02 Å². The summed E-state index contributed by atoms with van der Waals surface area (Å²) >= 11 is 5.69. The number of nitro groups is 1. The van der Waals surface area contributed by atoms with Crippen molar-refractivity contribution in [3.63, 3.8) is 0 Å². The second-order valence-electron chi connectivity index (χ2n) is 3.64. The second-order valence-corrected chi connectivity index (χ2v) is 4.05. The molecule has 1 aromatic rings. The summed E-state index contributed by atoms with van der Waals surface area (Å²) in [6.07, 6.45) is 1.03.